The van der Waals surface area contributed by atoms with E-state index in [4.69, 9.17) is 16.3 Å². The Morgan fingerprint density at radius 1 is 1.16 bits per heavy atom. The smallest absolute Gasteiger partial charge is 0.237 e. The number of nitrogens with zero attached hydrogens (tertiary/aromatic N) is 3. The average Bonchev–Trinajstić information content (AvgIpc) is 3.14. The number of carbonyl (C=O) groups is 1. The molecule has 1 N–H and O–H groups in total. The summed E-state index contributed by atoms with van der Waals surface area (Å²) >= 11 is 7.62. The number of thioether (sulfide) groups is 1. The number of carbonyl (C=O) groups excluding carboxylic acids is 1. The summed E-state index contributed by atoms with van der Waals surface area (Å²) < 4.78 is 7.24. The van der Waals surface area contributed by atoms with Crippen LogP contribution >= 0.6 is 23.4 Å². The Balaban J connectivity index is 1.68. The van der Waals surface area contributed by atoms with Gasteiger partial charge in [-0.25, -0.2) is 0 Å². The number of fused-ring (bicyclic) bond motifs is 3. The number of benzene rings is 2. The Morgan fingerprint density at radius 3 is 2.62 bits per heavy atom. The molecule has 0 saturated heterocycles. The number of nitrogens with one attached hydrogen (secondary N) is 1. The Morgan fingerprint density at radius 2 is 1.94 bits per heavy atom. The van der Waals surface area contributed by atoms with Crippen LogP contribution in [-0.4, -0.2) is 32.9 Å². The zero-order chi connectivity index (χ0) is 23.0. The molecule has 0 fully saturated rings. The van der Waals surface area contributed by atoms with Gasteiger partial charge in [-0.2, -0.15) is 0 Å². The van der Waals surface area contributed by atoms with E-state index in [0.717, 1.165) is 22.3 Å². The highest BCUT2D eigenvalue weighted by Crippen LogP contribution is 2.32. The summed E-state index contributed by atoms with van der Waals surface area (Å²) in [4.78, 5) is 13.0. The number of rotatable bonds is 6. The van der Waals surface area contributed by atoms with Gasteiger partial charge in [0.05, 0.1) is 22.9 Å². The summed E-state index contributed by atoms with van der Waals surface area (Å²) in [6.07, 6.45) is 0.636. The van der Waals surface area contributed by atoms with E-state index in [2.05, 4.69) is 52.8 Å². The lowest BCUT2D eigenvalue weighted by Crippen LogP contribution is -2.24. The number of anilines is 1. The standard InChI is InChI=1S/C24H25ClN4O2S/c1-6-20(23(30)26-16-7-8-19(31-5)18(25)12-16)32-24-28-27-21-11-14(3)17-10-13(2)9-15(4)22(17)29(21)24/h7-12,20H,6H2,1-5H3,(H,26,30). The Bertz CT molecular complexity index is 1340. The summed E-state index contributed by atoms with van der Waals surface area (Å²) in [6.45, 7) is 8.27. The fourth-order valence-electron chi connectivity index (χ4n) is 3.91. The van der Waals surface area contributed by atoms with Crippen LogP contribution in [0.4, 0.5) is 5.69 Å². The number of amides is 1. The molecule has 1 unspecified atom stereocenters. The van der Waals surface area contributed by atoms with Gasteiger partial charge < -0.3 is 10.1 Å². The Labute approximate surface area is 196 Å². The fourth-order valence-corrected chi connectivity index (χ4v) is 5.13. The molecule has 0 aliphatic rings. The average molecular weight is 469 g/mol. The third-order valence-corrected chi connectivity index (χ3v) is 7.03. The van der Waals surface area contributed by atoms with Crippen molar-refractivity contribution in [3.63, 3.8) is 0 Å². The largest absolute Gasteiger partial charge is 0.495 e. The second-order valence-electron chi connectivity index (χ2n) is 7.83. The van der Waals surface area contributed by atoms with E-state index in [1.165, 1.54) is 22.7 Å². The first-order chi connectivity index (χ1) is 15.3. The number of ether oxygens (including phenoxy) is 1. The highest BCUT2D eigenvalue weighted by atomic mass is 35.5. The first kappa shape index (κ1) is 22.4. The maximum absolute atomic E-state index is 13.0. The predicted molar refractivity (Wildman–Crippen MR) is 131 cm³/mol. The van der Waals surface area contributed by atoms with Gasteiger partial charge in [0.25, 0.3) is 0 Å². The van der Waals surface area contributed by atoms with Gasteiger partial charge in [0.15, 0.2) is 10.8 Å². The predicted octanol–water partition coefficient (Wildman–Crippen LogP) is 5.98. The lowest BCUT2D eigenvalue weighted by atomic mass is 10.0. The molecule has 0 aliphatic heterocycles. The monoisotopic (exact) mass is 468 g/mol. The molecule has 0 spiro atoms. The van der Waals surface area contributed by atoms with Gasteiger partial charge in [-0.3, -0.25) is 9.20 Å². The number of aryl methyl sites for hydroxylation is 3. The lowest BCUT2D eigenvalue weighted by molar-refractivity contribution is -0.115. The zero-order valence-electron chi connectivity index (χ0n) is 18.7. The van der Waals surface area contributed by atoms with Crippen molar-refractivity contribution in [2.75, 3.05) is 12.4 Å². The first-order valence-corrected chi connectivity index (χ1v) is 11.6. The molecule has 4 aromatic rings. The normalized spacial score (nSPS) is 12.3. The van der Waals surface area contributed by atoms with Gasteiger partial charge in [-0.15, -0.1) is 10.2 Å². The van der Waals surface area contributed by atoms with Crippen LogP contribution in [-0.2, 0) is 4.79 Å². The molecule has 4 rings (SSSR count). The van der Waals surface area contributed by atoms with Crippen molar-refractivity contribution >= 4 is 51.5 Å². The van der Waals surface area contributed by atoms with E-state index in [1.807, 2.05) is 13.0 Å². The van der Waals surface area contributed by atoms with Crippen LogP contribution < -0.4 is 10.1 Å². The molecule has 0 saturated carbocycles. The highest BCUT2D eigenvalue weighted by molar-refractivity contribution is 8.00. The number of aromatic nitrogens is 3. The van der Waals surface area contributed by atoms with Crippen LogP contribution in [0.2, 0.25) is 5.02 Å². The van der Waals surface area contributed by atoms with Crippen LogP contribution in [0.3, 0.4) is 0 Å². The molecule has 2 aromatic carbocycles. The van der Waals surface area contributed by atoms with Crippen molar-refractivity contribution in [3.05, 3.63) is 58.1 Å². The van der Waals surface area contributed by atoms with Crippen molar-refractivity contribution in [2.45, 2.75) is 44.5 Å². The molecule has 166 valence electrons. The van der Waals surface area contributed by atoms with E-state index < -0.39 is 0 Å². The van der Waals surface area contributed by atoms with Crippen molar-refractivity contribution in [1.82, 2.24) is 14.6 Å². The van der Waals surface area contributed by atoms with Crippen LogP contribution in [0, 0.1) is 20.8 Å². The van der Waals surface area contributed by atoms with Crippen LogP contribution in [0.15, 0.2) is 41.6 Å². The quantitative estimate of drug-likeness (QED) is 0.352. The minimum Gasteiger partial charge on any atom is -0.495 e. The van der Waals surface area contributed by atoms with Gasteiger partial charge in [0.1, 0.15) is 5.75 Å². The molecule has 2 aromatic heterocycles. The maximum Gasteiger partial charge on any atom is 0.237 e. The molecule has 2 heterocycles. The van der Waals surface area contributed by atoms with Crippen molar-refractivity contribution < 1.29 is 9.53 Å². The minimum absolute atomic E-state index is 0.112. The van der Waals surface area contributed by atoms with Crippen LogP contribution in [0.5, 0.6) is 5.75 Å². The molecule has 0 radical (unpaired) electrons. The summed E-state index contributed by atoms with van der Waals surface area (Å²) in [5, 5.41) is 13.7. The van der Waals surface area contributed by atoms with Gasteiger partial charge in [0.2, 0.25) is 5.91 Å². The molecule has 1 atom stereocenters. The molecule has 32 heavy (non-hydrogen) atoms. The number of methoxy groups -OCH3 is 1. The summed E-state index contributed by atoms with van der Waals surface area (Å²) in [6, 6.07) is 11.6. The van der Waals surface area contributed by atoms with Crippen molar-refractivity contribution in [1.29, 1.82) is 0 Å². The molecular formula is C24H25ClN4O2S. The zero-order valence-corrected chi connectivity index (χ0v) is 20.3. The maximum atomic E-state index is 13.0. The summed E-state index contributed by atoms with van der Waals surface area (Å²) in [7, 11) is 1.56. The summed E-state index contributed by atoms with van der Waals surface area (Å²) in [5.41, 5.74) is 6.00. The SMILES string of the molecule is CCC(Sc1nnc2cc(C)c3cc(C)cc(C)c3n12)C(=O)Nc1ccc(OC)c(Cl)c1. The highest BCUT2D eigenvalue weighted by Gasteiger charge is 2.23. The van der Waals surface area contributed by atoms with Crippen molar-refractivity contribution in [2.24, 2.45) is 0 Å². The summed E-state index contributed by atoms with van der Waals surface area (Å²) in [5.74, 6) is 0.452. The number of halogens is 1. The molecule has 1 amide bonds. The van der Waals surface area contributed by atoms with Gasteiger partial charge in [-0.05, 0) is 68.7 Å². The van der Waals surface area contributed by atoms with E-state index in [-0.39, 0.29) is 11.2 Å². The second-order valence-corrected chi connectivity index (χ2v) is 9.41. The number of pyridine rings is 1. The van der Waals surface area contributed by atoms with Gasteiger partial charge in [-0.1, -0.05) is 41.9 Å². The van der Waals surface area contributed by atoms with E-state index in [9.17, 15) is 4.79 Å². The number of hydrogen-bond donors (Lipinski definition) is 1. The van der Waals surface area contributed by atoms with E-state index in [1.54, 1.807) is 25.3 Å². The molecular weight excluding hydrogens is 444 g/mol. The Hall–Kier alpha value is -2.77. The number of hydrogen-bond acceptors (Lipinski definition) is 5. The third-order valence-electron chi connectivity index (χ3n) is 5.43. The molecule has 8 heteroatoms. The van der Waals surface area contributed by atoms with Crippen LogP contribution in [0.1, 0.15) is 30.0 Å². The molecule has 6 nitrogen and oxygen atoms in total. The lowest BCUT2D eigenvalue weighted by Gasteiger charge is -2.16. The third kappa shape index (κ3) is 4.14. The van der Waals surface area contributed by atoms with Gasteiger partial charge in [0, 0.05) is 11.1 Å². The first-order valence-electron chi connectivity index (χ1n) is 10.4. The second kappa shape index (κ2) is 9.00. The fraction of sp³-hybridized carbons (Fsp3) is 0.292. The van der Waals surface area contributed by atoms with Crippen LogP contribution in [0.25, 0.3) is 16.6 Å². The topological polar surface area (TPSA) is 68.5 Å². The minimum atomic E-state index is -0.342. The Kier molecular flexibility index (Phi) is 6.31. The molecule has 0 bridgehead atoms. The van der Waals surface area contributed by atoms with E-state index in [0.29, 0.717) is 28.0 Å². The molecule has 0 aliphatic carbocycles. The van der Waals surface area contributed by atoms with Crippen molar-refractivity contribution in [3.8, 4) is 5.75 Å². The van der Waals surface area contributed by atoms with Gasteiger partial charge >= 0.3 is 0 Å². The van der Waals surface area contributed by atoms with E-state index >= 15 is 0 Å².